The summed E-state index contributed by atoms with van der Waals surface area (Å²) in [7, 11) is 0. The van der Waals surface area contributed by atoms with E-state index in [9.17, 15) is 4.79 Å². The first-order valence-electron chi connectivity index (χ1n) is 6.04. The first-order chi connectivity index (χ1) is 8.09. The largest absolute Gasteiger partial charge is 0.323 e. The lowest BCUT2D eigenvalue weighted by Crippen LogP contribution is -2.28. The Hall–Kier alpha value is -1.03. The number of pyridine rings is 1. The van der Waals surface area contributed by atoms with Crippen molar-refractivity contribution in [3.8, 4) is 0 Å². The molecule has 1 aromatic rings. The van der Waals surface area contributed by atoms with E-state index in [1.165, 1.54) is 0 Å². The molecule has 3 nitrogen and oxygen atoms in total. The minimum absolute atomic E-state index is 0.00580. The van der Waals surface area contributed by atoms with Crippen molar-refractivity contribution >= 4 is 23.4 Å². The van der Waals surface area contributed by atoms with Crippen molar-refractivity contribution < 1.29 is 4.79 Å². The van der Waals surface area contributed by atoms with E-state index < -0.39 is 5.41 Å². The summed E-state index contributed by atoms with van der Waals surface area (Å²) in [6.07, 6.45) is 3.46. The Balaban J connectivity index is 2.93. The summed E-state index contributed by atoms with van der Waals surface area (Å²) in [4.78, 5) is 17.1. The Kier molecular flexibility index (Phi) is 4.43. The van der Waals surface area contributed by atoms with Gasteiger partial charge < -0.3 is 5.32 Å². The van der Waals surface area contributed by atoms with E-state index in [0.717, 1.165) is 10.6 Å². The van der Waals surface area contributed by atoms with Crippen LogP contribution in [0.15, 0.2) is 23.4 Å². The molecule has 0 unspecified atom stereocenters. The lowest BCUT2D eigenvalue weighted by molar-refractivity contribution is -0.123. The second-order valence-electron chi connectivity index (χ2n) is 6.29. The number of nitrogens with one attached hydrogen (secondary N) is 1. The summed E-state index contributed by atoms with van der Waals surface area (Å²) < 4.78 is 0.0998. The fourth-order valence-corrected chi connectivity index (χ4v) is 2.21. The lowest BCUT2D eigenvalue weighted by Gasteiger charge is -2.22. The first-order valence-corrected chi connectivity index (χ1v) is 6.86. The molecule has 1 heterocycles. The third-order valence-corrected chi connectivity index (χ3v) is 3.31. The van der Waals surface area contributed by atoms with Crippen molar-refractivity contribution in [2.45, 2.75) is 51.2 Å². The second kappa shape index (κ2) is 5.31. The second-order valence-corrected chi connectivity index (χ2v) is 8.16. The number of hydrogen-bond donors (Lipinski definition) is 1. The predicted octanol–water partition coefficient (Wildman–Crippen LogP) is 3.96. The fraction of sp³-hybridized carbons (Fsp3) is 0.571. The molecule has 100 valence electrons. The van der Waals surface area contributed by atoms with Crippen LogP contribution in [0.2, 0.25) is 0 Å². The lowest BCUT2D eigenvalue weighted by atomic mass is 9.96. The van der Waals surface area contributed by atoms with Crippen LogP contribution in [-0.4, -0.2) is 15.6 Å². The maximum absolute atomic E-state index is 12.0. The average Bonchev–Trinajstić information content (AvgIpc) is 2.17. The van der Waals surface area contributed by atoms with Crippen molar-refractivity contribution in [2.75, 3.05) is 5.32 Å². The van der Waals surface area contributed by atoms with E-state index in [4.69, 9.17) is 0 Å². The van der Waals surface area contributed by atoms with Gasteiger partial charge in [-0.2, -0.15) is 0 Å². The van der Waals surface area contributed by atoms with Crippen molar-refractivity contribution in [1.82, 2.24) is 4.98 Å². The SMILES string of the molecule is CC(C)(C)Sc1ccncc1NC(=O)C(C)(C)C. The summed E-state index contributed by atoms with van der Waals surface area (Å²) in [5, 5.41) is 2.95. The molecule has 0 aliphatic rings. The number of hydrogen-bond acceptors (Lipinski definition) is 3. The molecule has 1 aromatic heterocycles. The Morgan fingerprint density at radius 3 is 2.33 bits per heavy atom. The zero-order valence-corrected chi connectivity index (χ0v) is 12.8. The van der Waals surface area contributed by atoms with Gasteiger partial charge in [-0.25, -0.2) is 0 Å². The van der Waals surface area contributed by atoms with Crippen molar-refractivity contribution in [2.24, 2.45) is 5.41 Å². The van der Waals surface area contributed by atoms with Gasteiger partial charge in [0, 0.05) is 21.3 Å². The number of carbonyl (C=O) groups is 1. The summed E-state index contributed by atoms with van der Waals surface area (Å²) >= 11 is 1.73. The molecule has 0 saturated carbocycles. The van der Waals surface area contributed by atoms with E-state index in [0.29, 0.717) is 0 Å². The molecule has 4 heteroatoms. The Labute approximate surface area is 114 Å². The molecule has 1 amide bonds. The third-order valence-electron chi connectivity index (χ3n) is 2.13. The summed E-state index contributed by atoms with van der Waals surface area (Å²) in [5.74, 6) is 0.00580. The Morgan fingerprint density at radius 1 is 1.22 bits per heavy atom. The average molecular weight is 266 g/mol. The van der Waals surface area contributed by atoms with Gasteiger partial charge in [0.25, 0.3) is 0 Å². The highest BCUT2D eigenvalue weighted by molar-refractivity contribution is 8.00. The molecule has 0 aliphatic carbocycles. The molecule has 0 saturated heterocycles. The summed E-state index contributed by atoms with van der Waals surface area (Å²) in [6, 6.07) is 1.94. The highest BCUT2D eigenvalue weighted by atomic mass is 32.2. The minimum atomic E-state index is -0.403. The molecule has 1 N–H and O–H groups in total. The zero-order chi connectivity index (χ0) is 14.0. The highest BCUT2D eigenvalue weighted by Gasteiger charge is 2.23. The normalized spacial score (nSPS) is 12.3. The summed E-state index contributed by atoms with van der Waals surface area (Å²) in [5.41, 5.74) is 0.386. The maximum Gasteiger partial charge on any atom is 0.229 e. The quantitative estimate of drug-likeness (QED) is 0.824. The standard InChI is InChI=1S/C14H22N2OS/c1-13(2,3)12(17)16-10-9-15-8-7-11(10)18-14(4,5)6/h7-9H,1-6H3,(H,16,17). The van der Waals surface area contributed by atoms with E-state index in [2.05, 4.69) is 31.1 Å². The number of rotatable bonds is 2. The van der Waals surface area contributed by atoms with Gasteiger partial charge in [-0.3, -0.25) is 9.78 Å². The van der Waals surface area contributed by atoms with Crippen molar-refractivity contribution in [3.63, 3.8) is 0 Å². The summed E-state index contributed by atoms with van der Waals surface area (Å²) in [6.45, 7) is 12.1. The minimum Gasteiger partial charge on any atom is -0.323 e. The van der Waals surface area contributed by atoms with Gasteiger partial charge in [0.15, 0.2) is 0 Å². The number of aromatic nitrogens is 1. The molecule has 0 atom stereocenters. The number of carbonyl (C=O) groups excluding carboxylic acids is 1. The van der Waals surface area contributed by atoms with Crippen LogP contribution in [0.5, 0.6) is 0 Å². The molecule has 0 bridgehead atoms. The maximum atomic E-state index is 12.0. The van der Waals surface area contributed by atoms with Gasteiger partial charge in [0.1, 0.15) is 0 Å². The van der Waals surface area contributed by atoms with Crippen LogP contribution in [0, 0.1) is 5.41 Å². The van der Waals surface area contributed by atoms with Gasteiger partial charge in [0.05, 0.1) is 11.9 Å². The molecule has 18 heavy (non-hydrogen) atoms. The monoisotopic (exact) mass is 266 g/mol. The highest BCUT2D eigenvalue weighted by Crippen LogP contribution is 2.36. The van der Waals surface area contributed by atoms with Crippen LogP contribution in [0.25, 0.3) is 0 Å². The van der Waals surface area contributed by atoms with Crippen LogP contribution >= 0.6 is 11.8 Å². The van der Waals surface area contributed by atoms with Crippen molar-refractivity contribution in [1.29, 1.82) is 0 Å². The molecule has 1 rings (SSSR count). The van der Waals surface area contributed by atoms with E-state index >= 15 is 0 Å². The molecular weight excluding hydrogens is 244 g/mol. The van der Waals surface area contributed by atoms with E-state index in [-0.39, 0.29) is 10.7 Å². The van der Waals surface area contributed by atoms with Gasteiger partial charge >= 0.3 is 0 Å². The smallest absolute Gasteiger partial charge is 0.229 e. The van der Waals surface area contributed by atoms with Crippen molar-refractivity contribution in [3.05, 3.63) is 18.5 Å². The predicted molar refractivity (Wildman–Crippen MR) is 77.9 cm³/mol. The Morgan fingerprint density at radius 2 is 1.83 bits per heavy atom. The third kappa shape index (κ3) is 4.69. The topological polar surface area (TPSA) is 42.0 Å². The van der Waals surface area contributed by atoms with Crippen LogP contribution < -0.4 is 5.32 Å². The Bertz CT molecular complexity index is 430. The van der Waals surface area contributed by atoms with Gasteiger partial charge in [-0.1, -0.05) is 41.5 Å². The van der Waals surface area contributed by atoms with Crippen LogP contribution in [0.1, 0.15) is 41.5 Å². The van der Waals surface area contributed by atoms with Crippen LogP contribution in [-0.2, 0) is 4.79 Å². The number of amides is 1. The van der Waals surface area contributed by atoms with E-state index in [1.807, 2.05) is 26.8 Å². The number of thioether (sulfide) groups is 1. The van der Waals surface area contributed by atoms with Crippen LogP contribution in [0.4, 0.5) is 5.69 Å². The molecule has 0 spiro atoms. The number of anilines is 1. The molecule has 0 aliphatic heterocycles. The molecule has 0 radical (unpaired) electrons. The first kappa shape index (κ1) is 15.0. The van der Waals surface area contributed by atoms with Crippen LogP contribution in [0.3, 0.4) is 0 Å². The zero-order valence-electron chi connectivity index (χ0n) is 12.0. The molecule has 0 aromatic carbocycles. The van der Waals surface area contributed by atoms with Gasteiger partial charge in [0.2, 0.25) is 5.91 Å². The van der Waals surface area contributed by atoms with Gasteiger partial charge in [-0.15, -0.1) is 11.8 Å². The van der Waals surface area contributed by atoms with E-state index in [1.54, 1.807) is 24.2 Å². The molecule has 0 fully saturated rings. The molecular formula is C14H22N2OS. The fourth-order valence-electron chi connectivity index (χ4n) is 1.20. The van der Waals surface area contributed by atoms with Gasteiger partial charge in [-0.05, 0) is 6.07 Å². The number of nitrogens with zero attached hydrogens (tertiary/aromatic N) is 1.